The van der Waals surface area contributed by atoms with Crippen molar-refractivity contribution in [2.24, 2.45) is 17.8 Å². The summed E-state index contributed by atoms with van der Waals surface area (Å²) in [6.45, 7) is 13.6. The molecule has 1 N–H and O–H groups in total. The average molecular weight is 565 g/mol. The van der Waals surface area contributed by atoms with Gasteiger partial charge in [-0.1, -0.05) is 52.0 Å². The molecule has 0 spiro atoms. The van der Waals surface area contributed by atoms with Gasteiger partial charge in [0.1, 0.15) is 17.8 Å². The van der Waals surface area contributed by atoms with Gasteiger partial charge in [0.25, 0.3) is 0 Å². The van der Waals surface area contributed by atoms with E-state index in [2.05, 4.69) is 26.8 Å². The molecule has 0 amide bonds. The lowest BCUT2D eigenvalue weighted by Crippen LogP contribution is -2.44. The lowest BCUT2D eigenvalue weighted by atomic mass is 9.88. The Morgan fingerprint density at radius 2 is 1.95 bits per heavy atom. The number of rotatable bonds is 11. The summed E-state index contributed by atoms with van der Waals surface area (Å²) in [7, 11) is 3.32. The summed E-state index contributed by atoms with van der Waals surface area (Å²) < 4.78 is 28.7. The summed E-state index contributed by atoms with van der Waals surface area (Å²) in [6.07, 6.45) is 10.9. The topological polar surface area (TPSA) is 104 Å². The number of carbonyl (C=O) groups is 2. The Balaban J connectivity index is 2.14. The molecule has 0 aliphatic carbocycles. The fraction of sp³-hybridized carbons (Fsp3) is 0.750. The predicted molar refractivity (Wildman–Crippen MR) is 155 cm³/mol. The average Bonchev–Trinajstić information content (AvgIpc) is 3.66. The molecule has 0 aromatic carbocycles. The van der Waals surface area contributed by atoms with E-state index in [9.17, 15) is 14.7 Å². The largest absolute Gasteiger partial charge is 0.457 e. The van der Waals surface area contributed by atoms with Crippen LogP contribution in [0.25, 0.3) is 0 Å². The number of epoxide rings is 1. The van der Waals surface area contributed by atoms with Gasteiger partial charge in [0.15, 0.2) is 0 Å². The fourth-order valence-electron chi connectivity index (χ4n) is 5.55. The summed E-state index contributed by atoms with van der Waals surface area (Å²) in [6, 6.07) is 0. The molecule has 0 aromatic rings. The molecule has 8 nitrogen and oxygen atoms in total. The Morgan fingerprint density at radius 1 is 1.25 bits per heavy atom. The highest BCUT2D eigenvalue weighted by atomic mass is 16.6. The number of ether oxygens (including phenoxy) is 5. The zero-order chi connectivity index (χ0) is 30.0. The van der Waals surface area contributed by atoms with Crippen LogP contribution in [-0.2, 0) is 33.3 Å². The molecule has 0 saturated carbocycles. The highest BCUT2D eigenvalue weighted by Gasteiger charge is 2.45. The monoisotopic (exact) mass is 564 g/mol. The third kappa shape index (κ3) is 10.1. The molecule has 10 unspecified atom stereocenters. The van der Waals surface area contributed by atoms with Gasteiger partial charge in [-0.3, -0.25) is 9.59 Å². The van der Waals surface area contributed by atoms with E-state index in [4.69, 9.17) is 23.7 Å². The van der Waals surface area contributed by atoms with Gasteiger partial charge < -0.3 is 28.8 Å². The van der Waals surface area contributed by atoms with Crippen molar-refractivity contribution in [3.8, 4) is 0 Å². The summed E-state index contributed by atoms with van der Waals surface area (Å²) in [5.41, 5.74) is 0.0213. The van der Waals surface area contributed by atoms with E-state index in [1.807, 2.05) is 39.0 Å². The molecule has 0 aromatic heterocycles. The Kier molecular flexibility index (Phi) is 13.6. The van der Waals surface area contributed by atoms with Crippen LogP contribution in [0, 0.1) is 17.8 Å². The molecule has 2 heterocycles. The maximum Gasteiger partial charge on any atom is 0.309 e. The van der Waals surface area contributed by atoms with E-state index < -0.39 is 35.9 Å². The molecular weight excluding hydrogens is 512 g/mol. The standard InChI is InChI=1S/C32H52O8/c1-10-26(36-8)23(5)31-27(39-31)18-20(2)12-11-13-21(3)30-22(4)14-15-28(38-24(6)33)32(7,37-9)17-16-25(34)19-29(35)40-30/h11-15,20,22-23,25-28,30-31,34H,10,16-19H2,1-9H3. The van der Waals surface area contributed by atoms with E-state index in [1.165, 1.54) is 6.92 Å². The number of aliphatic hydroxyl groups excluding tert-OH is 1. The molecule has 2 aliphatic heterocycles. The van der Waals surface area contributed by atoms with Crippen LogP contribution in [0.5, 0.6) is 0 Å². The number of allylic oxidation sites excluding steroid dienone is 3. The minimum atomic E-state index is -0.892. The Morgan fingerprint density at radius 3 is 2.55 bits per heavy atom. The molecule has 1 fully saturated rings. The minimum Gasteiger partial charge on any atom is -0.457 e. The van der Waals surface area contributed by atoms with Crippen LogP contribution in [0.3, 0.4) is 0 Å². The molecule has 40 heavy (non-hydrogen) atoms. The zero-order valence-corrected chi connectivity index (χ0v) is 25.9. The van der Waals surface area contributed by atoms with Crippen molar-refractivity contribution >= 4 is 11.9 Å². The molecule has 228 valence electrons. The van der Waals surface area contributed by atoms with Gasteiger partial charge in [0.2, 0.25) is 0 Å². The number of carbonyl (C=O) groups excluding carboxylic acids is 2. The van der Waals surface area contributed by atoms with E-state index >= 15 is 0 Å². The van der Waals surface area contributed by atoms with Crippen LogP contribution in [0.4, 0.5) is 0 Å². The van der Waals surface area contributed by atoms with Crippen molar-refractivity contribution in [2.75, 3.05) is 14.2 Å². The van der Waals surface area contributed by atoms with Crippen molar-refractivity contribution < 1.29 is 38.4 Å². The molecule has 2 rings (SSSR count). The molecule has 2 aliphatic rings. The first kappa shape index (κ1) is 34.2. The van der Waals surface area contributed by atoms with Crippen LogP contribution in [0.1, 0.15) is 80.6 Å². The van der Waals surface area contributed by atoms with E-state index in [0.717, 1.165) is 18.4 Å². The van der Waals surface area contributed by atoms with Crippen molar-refractivity contribution in [1.29, 1.82) is 0 Å². The SMILES string of the molecule is CCC(OC)C(C)C1OC1CC(C)C=CC=C(C)C1OC(=O)CC(O)CCC(C)(OC)C(OC(C)=O)C=CC1C. The number of cyclic esters (lactones) is 1. The van der Waals surface area contributed by atoms with Gasteiger partial charge >= 0.3 is 11.9 Å². The first-order valence-electron chi connectivity index (χ1n) is 14.7. The zero-order valence-electron chi connectivity index (χ0n) is 25.9. The maximum absolute atomic E-state index is 12.7. The second kappa shape index (κ2) is 15.9. The normalized spacial score (nSPS) is 34.4. The molecule has 8 heteroatoms. The van der Waals surface area contributed by atoms with Gasteiger partial charge in [0, 0.05) is 33.0 Å². The van der Waals surface area contributed by atoms with Crippen molar-refractivity contribution in [2.45, 2.75) is 123 Å². The predicted octanol–water partition coefficient (Wildman–Crippen LogP) is 5.33. The smallest absolute Gasteiger partial charge is 0.309 e. The first-order chi connectivity index (χ1) is 18.8. The van der Waals surface area contributed by atoms with Crippen molar-refractivity contribution in [1.82, 2.24) is 0 Å². The minimum absolute atomic E-state index is 0.117. The Labute approximate surface area is 241 Å². The second-order valence-corrected chi connectivity index (χ2v) is 11.8. The lowest BCUT2D eigenvalue weighted by molar-refractivity contribution is -0.160. The van der Waals surface area contributed by atoms with Crippen molar-refractivity contribution in [3.63, 3.8) is 0 Å². The maximum atomic E-state index is 12.7. The van der Waals surface area contributed by atoms with Crippen molar-refractivity contribution in [3.05, 3.63) is 36.0 Å². The number of esters is 2. The highest BCUT2D eigenvalue weighted by molar-refractivity contribution is 5.70. The number of hydrogen-bond acceptors (Lipinski definition) is 8. The van der Waals surface area contributed by atoms with Crippen LogP contribution < -0.4 is 0 Å². The molecule has 1 saturated heterocycles. The fourth-order valence-corrected chi connectivity index (χ4v) is 5.55. The van der Waals surface area contributed by atoms with Crippen LogP contribution in [0.2, 0.25) is 0 Å². The Hall–Kier alpha value is -2.00. The van der Waals surface area contributed by atoms with E-state index in [1.54, 1.807) is 20.3 Å². The molecule has 0 radical (unpaired) electrons. The third-order valence-electron chi connectivity index (χ3n) is 8.35. The summed E-state index contributed by atoms with van der Waals surface area (Å²) in [5.74, 6) is -0.402. The van der Waals surface area contributed by atoms with Gasteiger partial charge in [-0.15, -0.1) is 0 Å². The van der Waals surface area contributed by atoms with E-state index in [0.29, 0.717) is 24.7 Å². The van der Waals surface area contributed by atoms with Crippen LogP contribution >= 0.6 is 0 Å². The second-order valence-electron chi connectivity index (χ2n) is 11.8. The summed E-state index contributed by atoms with van der Waals surface area (Å²) in [5, 5.41) is 10.5. The molecule has 10 atom stereocenters. The van der Waals surface area contributed by atoms with Crippen LogP contribution in [0.15, 0.2) is 36.0 Å². The summed E-state index contributed by atoms with van der Waals surface area (Å²) in [4.78, 5) is 24.6. The Bertz CT molecular complexity index is 907. The number of hydrogen-bond donors (Lipinski definition) is 1. The van der Waals surface area contributed by atoms with Gasteiger partial charge in [-0.2, -0.15) is 0 Å². The van der Waals surface area contributed by atoms with Gasteiger partial charge in [0.05, 0.1) is 30.8 Å². The lowest BCUT2D eigenvalue weighted by Gasteiger charge is -2.35. The molecular formula is C32H52O8. The number of aliphatic hydroxyl groups is 1. The van der Waals surface area contributed by atoms with Gasteiger partial charge in [-0.25, -0.2) is 0 Å². The summed E-state index contributed by atoms with van der Waals surface area (Å²) >= 11 is 0. The quantitative estimate of drug-likeness (QED) is 0.155. The van der Waals surface area contributed by atoms with Gasteiger partial charge in [-0.05, 0) is 57.1 Å². The van der Waals surface area contributed by atoms with E-state index in [-0.39, 0.29) is 30.7 Å². The highest BCUT2D eigenvalue weighted by Crippen LogP contribution is 2.37. The number of methoxy groups -OCH3 is 2. The first-order valence-corrected chi connectivity index (χ1v) is 14.7. The molecule has 0 bridgehead atoms. The van der Waals surface area contributed by atoms with Crippen LogP contribution in [-0.4, -0.2) is 73.5 Å². The third-order valence-corrected chi connectivity index (χ3v) is 8.35.